The van der Waals surface area contributed by atoms with Crippen LogP contribution in [0.1, 0.15) is 0 Å². The monoisotopic (exact) mass is 287 g/mol. The lowest BCUT2D eigenvalue weighted by Crippen LogP contribution is -2.48. The van der Waals surface area contributed by atoms with Gasteiger partial charge in [0.15, 0.2) is 0 Å². The molecule has 0 radical (unpaired) electrons. The quantitative estimate of drug-likeness (QED) is 0.621. The van der Waals surface area contributed by atoms with Gasteiger partial charge in [-0.1, -0.05) is 0 Å². The summed E-state index contributed by atoms with van der Waals surface area (Å²) in [5.74, 6) is 0. The van der Waals surface area contributed by atoms with Crippen molar-refractivity contribution in [3.63, 3.8) is 0 Å². The Labute approximate surface area is 111 Å². The van der Waals surface area contributed by atoms with Crippen molar-refractivity contribution in [3.8, 4) is 0 Å². The third-order valence-electron chi connectivity index (χ3n) is 3.08. The molecule has 0 amide bonds. The molecule has 1 atom stereocenters. The average molecular weight is 287 g/mol. The fraction of sp³-hybridized carbons (Fsp3) is 0.455. The number of primary sulfonamides is 1. The highest BCUT2D eigenvalue weighted by Crippen LogP contribution is 2.28. The van der Waals surface area contributed by atoms with Gasteiger partial charge in [0.25, 0.3) is 0 Å². The van der Waals surface area contributed by atoms with Gasteiger partial charge in [0.2, 0.25) is 10.0 Å². The van der Waals surface area contributed by atoms with E-state index in [4.69, 9.17) is 15.6 Å². The van der Waals surface area contributed by atoms with Crippen LogP contribution in [0.25, 0.3) is 0 Å². The van der Waals surface area contributed by atoms with Gasteiger partial charge in [-0.05, 0) is 18.2 Å². The molecule has 7 nitrogen and oxygen atoms in total. The number of hydrogen-bond donors (Lipinski definition) is 3. The Hall–Kier alpha value is -1.35. The Bertz CT molecular complexity index is 561. The van der Waals surface area contributed by atoms with Gasteiger partial charge in [-0.25, -0.2) is 13.6 Å². The summed E-state index contributed by atoms with van der Waals surface area (Å²) in [6, 6.07) is 4.05. The van der Waals surface area contributed by atoms with Crippen LogP contribution < -0.4 is 15.8 Å². The van der Waals surface area contributed by atoms with Gasteiger partial charge < -0.3 is 20.5 Å². The van der Waals surface area contributed by atoms with E-state index in [0.717, 1.165) is 0 Å². The predicted molar refractivity (Wildman–Crippen MR) is 71.3 cm³/mol. The number of aliphatic hydroxyl groups excluding tert-OH is 1. The molecule has 1 unspecified atom stereocenters. The number of morpholine rings is 1. The Morgan fingerprint density at radius 1 is 1.47 bits per heavy atom. The van der Waals surface area contributed by atoms with Gasteiger partial charge in [0, 0.05) is 6.54 Å². The molecule has 0 saturated carbocycles. The van der Waals surface area contributed by atoms with Gasteiger partial charge in [0.1, 0.15) is 0 Å². The second kappa shape index (κ2) is 5.33. The Morgan fingerprint density at radius 2 is 2.21 bits per heavy atom. The minimum absolute atomic E-state index is 0.000110. The lowest BCUT2D eigenvalue weighted by atomic mass is 10.1. The van der Waals surface area contributed by atoms with E-state index in [1.54, 1.807) is 0 Å². The normalized spacial score (nSPS) is 20.5. The first-order chi connectivity index (χ1) is 8.93. The highest BCUT2D eigenvalue weighted by atomic mass is 32.2. The van der Waals surface area contributed by atoms with Gasteiger partial charge in [0.05, 0.1) is 42.1 Å². The van der Waals surface area contributed by atoms with Crippen LogP contribution in [-0.2, 0) is 14.8 Å². The van der Waals surface area contributed by atoms with E-state index in [2.05, 4.69) is 0 Å². The van der Waals surface area contributed by atoms with Gasteiger partial charge in [-0.15, -0.1) is 0 Å². The maximum atomic E-state index is 11.4. The number of nitrogens with zero attached hydrogens (tertiary/aromatic N) is 1. The van der Waals surface area contributed by atoms with Crippen LogP contribution in [0, 0.1) is 0 Å². The number of nitrogens with two attached hydrogens (primary N) is 2. The number of nitrogen functional groups attached to an aromatic ring is 1. The van der Waals surface area contributed by atoms with Crippen LogP contribution in [0.5, 0.6) is 0 Å². The summed E-state index contributed by atoms with van der Waals surface area (Å²) < 4.78 is 28.0. The molecule has 0 aromatic heterocycles. The summed E-state index contributed by atoms with van der Waals surface area (Å²) in [5.41, 5.74) is 6.87. The SMILES string of the molecule is Nc1ccc(S(N)(=O)=O)cc1N1CCOCC1CO. The molecule has 0 aliphatic carbocycles. The van der Waals surface area contributed by atoms with E-state index in [1.807, 2.05) is 4.90 Å². The molecule has 19 heavy (non-hydrogen) atoms. The van der Waals surface area contributed by atoms with E-state index < -0.39 is 10.0 Å². The molecule has 0 bridgehead atoms. The summed E-state index contributed by atoms with van der Waals surface area (Å²) in [6.45, 7) is 1.30. The fourth-order valence-electron chi connectivity index (χ4n) is 2.07. The topological polar surface area (TPSA) is 119 Å². The summed E-state index contributed by atoms with van der Waals surface area (Å²) in [6.07, 6.45) is 0. The van der Waals surface area contributed by atoms with Crippen molar-refractivity contribution in [1.82, 2.24) is 0 Å². The Morgan fingerprint density at radius 3 is 2.84 bits per heavy atom. The molecule has 1 saturated heterocycles. The van der Waals surface area contributed by atoms with Crippen molar-refractivity contribution in [3.05, 3.63) is 18.2 Å². The molecule has 1 fully saturated rings. The van der Waals surface area contributed by atoms with Crippen molar-refractivity contribution in [2.24, 2.45) is 5.14 Å². The first-order valence-electron chi connectivity index (χ1n) is 5.81. The third kappa shape index (κ3) is 2.98. The molecule has 5 N–H and O–H groups in total. The number of ether oxygens (including phenoxy) is 1. The number of anilines is 2. The first-order valence-corrected chi connectivity index (χ1v) is 7.35. The zero-order valence-electron chi connectivity index (χ0n) is 10.3. The summed E-state index contributed by atoms with van der Waals surface area (Å²) in [4.78, 5) is 1.84. The highest BCUT2D eigenvalue weighted by Gasteiger charge is 2.25. The standard InChI is InChI=1S/C11H17N3O4S/c12-10-2-1-9(19(13,16)17)5-11(10)14-3-4-18-7-8(14)6-15/h1-2,5,8,15H,3-4,6-7,12H2,(H2,13,16,17). The number of aliphatic hydroxyl groups is 1. The van der Waals surface area contributed by atoms with E-state index in [1.165, 1.54) is 18.2 Å². The molecule has 1 aromatic rings. The first kappa shape index (κ1) is 14.1. The van der Waals surface area contributed by atoms with Crippen LogP contribution in [0.4, 0.5) is 11.4 Å². The van der Waals surface area contributed by atoms with Crippen LogP contribution in [0.2, 0.25) is 0 Å². The molecular formula is C11H17N3O4S. The maximum Gasteiger partial charge on any atom is 0.238 e. The number of hydrogen-bond acceptors (Lipinski definition) is 6. The van der Waals surface area contributed by atoms with E-state index >= 15 is 0 Å². The number of sulfonamides is 1. The molecule has 8 heteroatoms. The Kier molecular flexibility index (Phi) is 3.95. The van der Waals surface area contributed by atoms with Crippen LogP contribution >= 0.6 is 0 Å². The summed E-state index contributed by atoms with van der Waals surface area (Å²) in [5, 5.41) is 14.4. The van der Waals surface area contributed by atoms with Crippen molar-refractivity contribution in [2.75, 3.05) is 37.0 Å². The zero-order chi connectivity index (χ0) is 14.0. The van der Waals surface area contributed by atoms with Crippen molar-refractivity contribution < 1.29 is 18.3 Å². The van der Waals surface area contributed by atoms with Gasteiger partial charge >= 0.3 is 0 Å². The summed E-state index contributed by atoms with van der Waals surface area (Å²) in [7, 11) is -3.78. The molecule has 0 spiro atoms. The smallest absolute Gasteiger partial charge is 0.238 e. The van der Waals surface area contributed by atoms with E-state index in [-0.39, 0.29) is 17.5 Å². The zero-order valence-corrected chi connectivity index (χ0v) is 11.1. The van der Waals surface area contributed by atoms with Crippen LogP contribution in [-0.4, -0.2) is 45.9 Å². The van der Waals surface area contributed by atoms with Crippen LogP contribution in [0.3, 0.4) is 0 Å². The second-order valence-corrected chi connectivity index (χ2v) is 5.93. The van der Waals surface area contributed by atoms with Gasteiger partial charge in [-0.3, -0.25) is 0 Å². The number of benzene rings is 1. The molecule has 106 valence electrons. The van der Waals surface area contributed by atoms with Gasteiger partial charge in [-0.2, -0.15) is 0 Å². The average Bonchev–Trinajstić information content (AvgIpc) is 2.38. The molecular weight excluding hydrogens is 270 g/mol. The molecule has 2 rings (SSSR count). The molecule has 1 aliphatic heterocycles. The van der Waals surface area contributed by atoms with E-state index in [9.17, 15) is 13.5 Å². The highest BCUT2D eigenvalue weighted by molar-refractivity contribution is 7.89. The minimum atomic E-state index is -3.78. The lowest BCUT2D eigenvalue weighted by molar-refractivity contribution is 0.0728. The molecule has 1 heterocycles. The van der Waals surface area contributed by atoms with Crippen molar-refractivity contribution >= 4 is 21.4 Å². The maximum absolute atomic E-state index is 11.4. The fourth-order valence-corrected chi connectivity index (χ4v) is 2.61. The van der Waals surface area contributed by atoms with E-state index in [0.29, 0.717) is 31.1 Å². The molecule has 1 aromatic carbocycles. The number of rotatable bonds is 3. The minimum Gasteiger partial charge on any atom is -0.397 e. The lowest BCUT2D eigenvalue weighted by Gasteiger charge is -2.37. The Balaban J connectivity index is 2.42. The predicted octanol–water partition coefficient (Wildman–Crippen LogP) is -0.886. The second-order valence-electron chi connectivity index (χ2n) is 4.37. The van der Waals surface area contributed by atoms with Crippen LogP contribution in [0.15, 0.2) is 23.1 Å². The third-order valence-corrected chi connectivity index (χ3v) is 3.99. The molecule has 1 aliphatic rings. The largest absolute Gasteiger partial charge is 0.397 e. The van der Waals surface area contributed by atoms with Crippen molar-refractivity contribution in [1.29, 1.82) is 0 Å². The van der Waals surface area contributed by atoms with Crippen molar-refractivity contribution in [2.45, 2.75) is 10.9 Å². The summed E-state index contributed by atoms with van der Waals surface area (Å²) >= 11 is 0.